The van der Waals surface area contributed by atoms with Crippen LogP contribution in [0, 0.1) is 6.92 Å². The van der Waals surface area contributed by atoms with Crippen molar-refractivity contribution >= 4 is 0 Å². The molecule has 1 aromatic rings. The smallest absolute Gasteiger partial charge is 0.125 e. The van der Waals surface area contributed by atoms with Gasteiger partial charge in [-0.1, -0.05) is 0 Å². The van der Waals surface area contributed by atoms with Crippen LogP contribution in [0.3, 0.4) is 0 Å². The molecule has 1 saturated heterocycles. The number of nitrogens with one attached hydrogen (secondary N) is 1. The number of rotatable bonds is 4. The first kappa shape index (κ1) is 12.4. The molecule has 5 heteroatoms. The predicted octanol–water partition coefficient (Wildman–Crippen LogP) is 0.205. The number of hydrogen-bond acceptors (Lipinski definition) is 5. The van der Waals surface area contributed by atoms with Crippen molar-refractivity contribution in [3.05, 3.63) is 23.8 Å². The molecule has 1 unspecified atom stereocenters. The minimum Gasteiger partial charge on any atom is -0.374 e. The summed E-state index contributed by atoms with van der Waals surface area (Å²) in [5.41, 5.74) is 1.09. The van der Waals surface area contributed by atoms with Crippen LogP contribution in [-0.4, -0.2) is 54.3 Å². The number of ether oxygens (including phenoxy) is 1. The van der Waals surface area contributed by atoms with Gasteiger partial charge in [0.15, 0.2) is 0 Å². The Balaban J connectivity index is 1.90. The monoisotopic (exact) mass is 236 g/mol. The number of nitrogens with zero attached hydrogens (tertiary/aromatic N) is 3. The lowest BCUT2D eigenvalue weighted by atomic mass is 10.2. The Morgan fingerprint density at radius 1 is 1.59 bits per heavy atom. The van der Waals surface area contributed by atoms with Gasteiger partial charge in [0.2, 0.25) is 0 Å². The second-order valence-corrected chi connectivity index (χ2v) is 4.38. The molecule has 2 heterocycles. The number of hydrogen-bond donors (Lipinski definition) is 1. The molecule has 1 fully saturated rings. The first-order valence-corrected chi connectivity index (χ1v) is 6.05. The fourth-order valence-corrected chi connectivity index (χ4v) is 2.10. The Labute approximate surface area is 102 Å². The van der Waals surface area contributed by atoms with Gasteiger partial charge in [0.05, 0.1) is 18.4 Å². The second-order valence-electron chi connectivity index (χ2n) is 4.38. The standard InChI is InChI=1S/C12H20N4O/c1-10-14-4-3-11(15-10)8-16-5-6-17-12(9-16)7-13-2/h3-4,12-13H,5-9H2,1-2H3. The van der Waals surface area contributed by atoms with Crippen LogP contribution < -0.4 is 5.32 Å². The Hall–Kier alpha value is -1.04. The summed E-state index contributed by atoms with van der Waals surface area (Å²) in [6.45, 7) is 6.45. The van der Waals surface area contributed by atoms with Gasteiger partial charge in [0, 0.05) is 32.4 Å². The van der Waals surface area contributed by atoms with Gasteiger partial charge in [0.1, 0.15) is 5.82 Å². The van der Waals surface area contributed by atoms with E-state index in [0.29, 0.717) is 0 Å². The summed E-state index contributed by atoms with van der Waals surface area (Å²) in [5.74, 6) is 0.836. The molecule has 1 aromatic heterocycles. The molecule has 1 aliphatic heterocycles. The van der Waals surface area contributed by atoms with Crippen LogP contribution in [0.2, 0.25) is 0 Å². The van der Waals surface area contributed by atoms with Gasteiger partial charge in [-0.05, 0) is 20.0 Å². The average molecular weight is 236 g/mol. The number of likely N-dealkylation sites (N-methyl/N-ethyl adjacent to an activating group) is 1. The molecule has 1 atom stereocenters. The van der Waals surface area contributed by atoms with E-state index in [2.05, 4.69) is 20.2 Å². The van der Waals surface area contributed by atoms with Gasteiger partial charge in [0.25, 0.3) is 0 Å². The summed E-state index contributed by atoms with van der Waals surface area (Å²) in [5, 5.41) is 3.15. The highest BCUT2D eigenvalue weighted by Gasteiger charge is 2.19. The fraction of sp³-hybridized carbons (Fsp3) is 0.667. The van der Waals surface area contributed by atoms with Crippen molar-refractivity contribution in [3.8, 4) is 0 Å². The predicted molar refractivity (Wildman–Crippen MR) is 65.7 cm³/mol. The lowest BCUT2D eigenvalue weighted by molar-refractivity contribution is -0.0295. The SMILES string of the molecule is CNCC1CN(Cc2ccnc(C)n2)CCO1. The van der Waals surface area contributed by atoms with Gasteiger partial charge in [-0.25, -0.2) is 9.97 Å². The molecule has 0 aliphatic carbocycles. The number of morpholine rings is 1. The molecule has 94 valence electrons. The zero-order chi connectivity index (χ0) is 12.1. The van der Waals surface area contributed by atoms with Crippen LogP contribution in [0.5, 0.6) is 0 Å². The Bertz CT molecular complexity index is 356. The van der Waals surface area contributed by atoms with Crippen molar-refractivity contribution in [1.29, 1.82) is 0 Å². The number of aromatic nitrogens is 2. The van der Waals surface area contributed by atoms with Crippen LogP contribution in [0.25, 0.3) is 0 Å². The van der Waals surface area contributed by atoms with Gasteiger partial charge < -0.3 is 10.1 Å². The quantitative estimate of drug-likeness (QED) is 0.809. The van der Waals surface area contributed by atoms with Gasteiger partial charge in [-0.15, -0.1) is 0 Å². The van der Waals surface area contributed by atoms with Crippen LogP contribution in [-0.2, 0) is 11.3 Å². The Morgan fingerprint density at radius 3 is 3.24 bits per heavy atom. The number of aryl methyl sites for hydroxylation is 1. The van der Waals surface area contributed by atoms with E-state index in [1.54, 1.807) is 0 Å². The summed E-state index contributed by atoms with van der Waals surface area (Å²) < 4.78 is 5.67. The van der Waals surface area contributed by atoms with Gasteiger partial charge in [-0.3, -0.25) is 4.90 Å². The van der Waals surface area contributed by atoms with Crippen molar-refractivity contribution in [2.75, 3.05) is 33.3 Å². The fourth-order valence-electron chi connectivity index (χ4n) is 2.10. The molecular weight excluding hydrogens is 216 g/mol. The molecular formula is C12H20N4O. The van der Waals surface area contributed by atoms with Crippen LogP contribution >= 0.6 is 0 Å². The summed E-state index contributed by atoms with van der Waals surface area (Å²) in [4.78, 5) is 10.9. The Morgan fingerprint density at radius 2 is 2.47 bits per heavy atom. The Kier molecular flexibility index (Phi) is 4.42. The average Bonchev–Trinajstić information content (AvgIpc) is 2.30. The normalized spacial score (nSPS) is 21.6. The second kappa shape index (κ2) is 6.05. The molecule has 0 spiro atoms. The first-order valence-electron chi connectivity index (χ1n) is 6.05. The van der Waals surface area contributed by atoms with E-state index in [-0.39, 0.29) is 6.10 Å². The maximum atomic E-state index is 5.67. The zero-order valence-corrected chi connectivity index (χ0v) is 10.5. The van der Waals surface area contributed by atoms with Crippen LogP contribution in [0.4, 0.5) is 0 Å². The highest BCUT2D eigenvalue weighted by molar-refractivity contribution is 5.01. The van der Waals surface area contributed by atoms with Gasteiger partial charge in [-0.2, -0.15) is 0 Å². The van der Waals surface area contributed by atoms with E-state index in [4.69, 9.17) is 4.74 Å². The van der Waals surface area contributed by atoms with Crippen LogP contribution in [0.1, 0.15) is 11.5 Å². The molecule has 0 amide bonds. The summed E-state index contributed by atoms with van der Waals surface area (Å²) in [7, 11) is 1.95. The van der Waals surface area contributed by atoms with Crippen molar-refractivity contribution in [2.24, 2.45) is 0 Å². The lowest BCUT2D eigenvalue weighted by Crippen LogP contribution is -2.45. The minimum atomic E-state index is 0.289. The molecule has 0 saturated carbocycles. The summed E-state index contributed by atoms with van der Waals surface area (Å²) in [6.07, 6.45) is 2.11. The van der Waals surface area contributed by atoms with E-state index in [0.717, 1.165) is 44.3 Å². The van der Waals surface area contributed by atoms with Crippen molar-refractivity contribution in [1.82, 2.24) is 20.2 Å². The third kappa shape index (κ3) is 3.73. The zero-order valence-electron chi connectivity index (χ0n) is 10.5. The summed E-state index contributed by atoms with van der Waals surface area (Å²) >= 11 is 0. The highest BCUT2D eigenvalue weighted by Crippen LogP contribution is 2.08. The lowest BCUT2D eigenvalue weighted by Gasteiger charge is -2.32. The maximum absolute atomic E-state index is 5.67. The van der Waals surface area contributed by atoms with Crippen molar-refractivity contribution in [3.63, 3.8) is 0 Å². The molecule has 0 radical (unpaired) electrons. The molecule has 0 bridgehead atoms. The highest BCUT2D eigenvalue weighted by atomic mass is 16.5. The minimum absolute atomic E-state index is 0.289. The van der Waals surface area contributed by atoms with E-state index in [9.17, 15) is 0 Å². The van der Waals surface area contributed by atoms with Crippen molar-refractivity contribution < 1.29 is 4.74 Å². The first-order chi connectivity index (χ1) is 8.28. The van der Waals surface area contributed by atoms with Crippen molar-refractivity contribution in [2.45, 2.75) is 19.6 Å². The molecule has 0 aromatic carbocycles. The van der Waals surface area contributed by atoms with E-state index < -0.39 is 0 Å². The van der Waals surface area contributed by atoms with E-state index in [1.165, 1.54) is 0 Å². The maximum Gasteiger partial charge on any atom is 0.125 e. The van der Waals surface area contributed by atoms with Gasteiger partial charge >= 0.3 is 0 Å². The van der Waals surface area contributed by atoms with Crippen LogP contribution in [0.15, 0.2) is 12.3 Å². The third-order valence-electron chi connectivity index (χ3n) is 2.87. The largest absolute Gasteiger partial charge is 0.374 e. The van der Waals surface area contributed by atoms with E-state index in [1.807, 2.05) is 26.2 Å². The molecule has 1 aliphatic rings. The molecule has 1 N–H and O–H groups in total. The molecule has 2 rings (SSSR count). The summed E-state index contributed by atoms with van der Waals surface area (Å²) in [6, 6.07) is 1.98. The third-order valence-corrected chi connectivity index (χ3v) is 2.87. The molecule has 17 heavy (non-hydrogen) atoms. The topological polar surface area (TPSA) is 50.3 Å². The van der Waals surface area contributed by atoms with E-state index >= 15 is 0 Å². The molecule has 5 nitrogen and oxygen atoms in total.